The van der Waals surface area contributed by atoms with Gasteiger partial charge in [0.1, 0.15) is 12.1 Å². The van der Waals surface area contributed by atoms with Crippen LogP contribution in [0, 0.1) is 12.8 Å². The molecule has 1 aliphatic carbocycles. The predicted octanol–water partition coefficient (Wildman–Crippen LogP) is 0.610. The number of carbonyl (C=O) groups is 2. The maximum atomic E-state index is 12.5. The molecular formula is C13H17N3O3. The van der Waals surface area contributed by atoms with Crippen LogP contribution in [0.25, 0.3) is 0 Å². The lowest BCUT2D eigenvalue weighted by atomic mass is 9.91. The fourth-order valence-electron chi connectivity index (χ4n) is 2.70. The third-order valence-electron chi connectivity index (χ3n) is 3.88. The van der Waals surface area contributed by atoms with Crippen molar-refractivity contribution in [2.45, 2.75) is 38.8 Å². The van der Waals surface area contributed by atoms with Gasteiger partial charge in [-0.3, -0.25) is 9.59 Å². The smallest absolute Gasteiger partial charge is 0.249 e. The molecule has 6 heteroatoms. The third-order valence-corrected chi connectivity index (χ3v) is 3.88. The van der Waals surface area contributed by atoms with Crippen molar-refractivity contribution in [3.63, 3.8) is 0 Å². The molecule has 1 N–H and O–H groups in total. The van der Waals surface area contributed by atoms with E-state index in [0.717, 1.165) is 18.5 Å². The number of hydrogen-bond acceptors (Lipinski definition) is 4. The molecule has 19 heavy (non-hydrogen) atoms. The Bertz CT molecular complexity index is 535. The lowest BCUT2D eigenvalue weighted by Crippen LogP contribution is -2.66. The summed E-state index contributed by atoms with van der Waals surface area (Å²) in [6.07, 6.45) is 2.00. The molecular weight excluding hydrogens is 246 g/mol. The second-order valence-electron chi connectivity index (χ2n) is 5.62. The molecule has 1 unspecified atom stereocenters. The number of aromatic nitrogens is 1. The van der Waals surface area contributed by atoms with Crippen LogP contribution >= 0.6 is 0 Å². The molecule has 1 atom stereocenters. The Morgan fingerprint density at radius 2 is 2.26 bits per heavy atom. The molecule has 0 bridgehead atoms. The van der Waals surface area contributed by atoms with E-state index in [1.54, 1.807) is 11.0 Å². The van der Waals surface area contributed by atoms with Crippen LogP contribution in [0.1, 0.15) is 31.2 Å². The van der Waals surface area contributed by atoms with E-state index in [1.165, 1.54) is 0 Å². The highest BCUT2D eigenvalue weighted by molar-refractivity contribution is 5.98. The van der Waals surface area contributed by atoms with Crippen LogP contribution in [0.5, 0.6) is 0 Å². The first-order valence-corrected chi connectivity index (χ1v) is 6.51. The molecule has 1 aromatic heterocycles. The minimum Gasteiger partial charge on any atom is -0.359 e. The second-order valence-corrected chi connectivity index (χ2v) is 5.62. The van der Waals surface area contributed by atoms with E-state index >= 15 is 0 Å². The first-order valence-electron chi connectivity index (χ1n) is 6.51. The molecule has 2 fully saturated rings. The first-order chi connectivity index (χ1) is 8.99. The van der Waals surface area contributed by atoms with Crippen molar-refractivity contribution in [2.24, 2.45) is 5.92 Å². The maximum Gasteiger partial charge on any atom is 0.249 e. The van der Waals surface area contributed by atoms with Crippen molar-refractivity contribution >= 4 is 11.8 Å². The lowest BCUT2D eigenvalue weighted by molar-refractivity contribution is -0.151. The summed E-state index contributed by atoms with van der Waals surface area (Å²) in [5.41, 5.74) is 0.0265. The maximum absolute atomic E-state index is 12.5. The molecule has 2 heterocycles. The highest BCUT2D eigenvalue weighted by Crippen LogP contribution is 2.41. The molecule has 0 spiro atoms. The van der Waals surface area contributed by atoms with Crippen LogP contribution in [0.15, 0.2) is 10.6 Å². The van der Waals surface area contributed by atoms with Gasteiger partial charge in [0.2, 0.25) is 11.8 Å². The molecule has 2 aliphatic rings. The zero-order chi connectivity index (χ0) is 13.6. The van der Waals surface area contributed by atoms with Crippen LogP contribution in [-0.2, 0) is 16.1 Å². The summed E-state index contributed by atoms with van der Waals surface area (Å²) < 4.78 is 5.12. The standard InChI is InChI=1S/C13H17N3O3/c1-8-5-10(19-15-8)6-16-7-11(17)14-13(2,12(16)18)9-3-4-9/h5,9H,3-4,6-7H2,1-2H3,(H,14,17). The highest BCUT2D eigenvalue weighted by atomic mass is 16.5. The molecule has 1 aromatic rings. The van der Waals surface area contributed by atoms with Crippen LogP contribution < -0.4 is 5.32 Å². The Labute approximate surface area is 111 Å². The van der Waals surface area contributed by atoms with Gasteiger partial charge in [-0.2, -0.15) is 0 Å². The van der Waals surface area contributed by atoms with E-state index in [2.05, 4.69) is 10.5 Å². The Kier molecular flexibility index (Phi) is 2.62. The minimum absolute atomic E-state index is 0.0244. The van der Waals surface area contributed by atoms with E-state index in [-0.39, 0.29) is 24.3 Å². The normalized spacial score (nSPS) is 27.6. The number of piperazine rings is 1. The molecule has 1 saturated carbocycles. The van der Waals surface area contributed by atoms with Gasteiger partial charge in [0, 0.05) is 6.07 Å². The van der Waals surface area contributed by atoms with Gasteiger partial charge in [-0.15, -0.1) is 0 Å². The summed E-state index contributed by atoms with van der Waals surface area (Å²) >= 11 is 0. The summed E-state index contributed by atoms with van der Waals surface area (Å²) in [5, 5.41) is 6.65. The Balaban J connectivity index is 1.80. The monoisotopic (exact) mass is 263 g/mol. The van der Waals surface area contributed by atoms with Gasteiger partial charge >= 0.3 is 0 Å². The summed E-state index contributed by atoms with van der Waals surface area (Å²) in [6, 6.07) is 1.79. The van der Waals surface area contributed by atoms with E-state index in [1.807, 2.05) is 13.8 Å². The molecule has 102 valence electrons. The zero-order valence-corrected chi connectivity index (χ0v) is 11.1. The number of carbonyl (C=O) groups excluding carboxylic acids is 2. The lowest BCUT2D eigenvalue weighted by Gasteiger charge is -2.39. The predicted molar refractivity (Wildman–Crippen MR) is 65.9 cm³/mol. The molecule has 1 saturated heterocycles. The van der Waals surface area contributed by atoms with Crippen molar-refractivity contribution in [1.29, 1.82) is 0 Å². The fraction of sp³-hybridized carbons (Fsp3) is 0.615. The van der Waals surface area contributed by atoms with Crippen molar-refractivity contribution in [1.82, 2.24) is 15.4 Å². The van der Waals surface area contributed by atoms with Crippen LogP contribution in [-0.4, -0.2) is 34.0 Å². The summed E-state index contributed by atoms with van der Waals surface area (Å²) in [4.78, 5) is 25.9. The number of nitrogens with zero attached hydrogens (tertiary/aromatic N) is 2. The van der Waals surface area contributed by atoms with Gasteiger partial charge in [-0.1, -0.05) is 5.16 Å². The minimum atomic E-state index is -0.746. The van der Waals surface area contributed by atoms with Gasteiger partial charge in [-0.25, -0.2) is 0 Å². The SMILES string of the molecule is Cc1cc(CN2CC(=O)NC(C)(C3CC3)C2=O)on1. The molecule has 1 aliphatic heterocycles. The fourth-order valence-corrected chi connectivity index (χ4v) is 2.70. The number of aryl methyl sites for hydroxylation is 1. The van der Waals surface area contributed by atoms with E-state index < -0.39 is 5.54 Å². The number of amides is 2. The topological polar surface area (TPSA) is 75.4 Å². The number of rotatable bonds is 3. The van der Waals surface area contributed by atoms with Crippen molar-refractivity contribution < 1.29 is 14.1 Å². The van der Waals surface area contributed by atoms with Gasteiger partial charge < -0.3 is 14.7 Å². The second kappa shape index (κ2) is 4.08. The van der Waals surface area contributed by atoms with Gasteiger partial charge in [-0.05, 0) is 32.6 Å². The van der Waals surface area contributed by atoms with Crippen molar-refractivity contribution in [2.75, 3.05) is 6.54 Å². The third kappa shape index (κ3) is 2.11. The Morgan fingerprint density at radius 3 is 2.84 bits per heavy atom. The van der Waals surface area contributed by atoms with Crippen LogP contribution in [0.4, 0.5) is 0 Å². The molecule has 6 nitrogen and oxygen atoms in total. The van der Waals surface area contributed by atoms with E-state index in [4.69, 9.17) is 4.52 Å². The summed E-state index contributed by atoms with van der Waals surface area (Å²) in [7, 11) is 0. The molecule has 2 amide bonds. The molecule has 0 radical (unpaired) electrons. The summed E-state index contributed by atoms with van der Waals surface area (Å²) in [5.74, 6) is 0.746. The molecule has 0 aromatic carbocycles. The average Bonchev–Trinajstić information content (AvgIpc) is 3.11. The Hall–Kier alpha value is -1.85. The first kappa shape index (κ1) is 12.2. The average molecular weight is 263 g/mol. The Morgan fingerprint density at radius 1 is 1.53 bits per heavy atom. The van der Waals surface area contributed by atoms with Crippen molar-refractivity contribution in [3.8, 4) is 0 Å². The highest BCUT2D eigenvalue weighted by Gasteiger charge is 2.52. The van der Waals surface area contributed by atoms with Gasteiger partial charge in [0.25, 0.3) is 0 Å². The number of nitrogens with one attached hydrogen (secondary N) is 1. The van der Waals surface area contributed by atoms with Gasteiger partial charge in [0.15, 0.2) is 5.76 Å². The largest absolute Gasteiger partial charge is 0.359 e. The van der Waals surface area contributed by atoms with Crippen molar-refractivity contribution in [3.05, 3.63) is 17.5 Å². The number of hydrogen-bond donors (Lipinski definition) is 1. The van der Waals surface area contributed by atoms with Crippen LogP contribution in [0.2, 0.25) is 0 Å². The van der Waals surface area contributed by atoms with Gasteiger partial charge in [0.05, 0.1) is 12.2 Å². The summed E-state index contributed by atoms with van der Waals surface area (Å²) in [6.45, 7) is 4.03. The molecule has 3 rings (SSSR count). The zero-order valence-electron chi connectivity index (χ0n) is 11.1. The van der Waals surface area contributed by atoms with E-state index in [9.17, 15) is 9.59 Å². The van der Waals surface area contributed by atoms with E-state index in [0.29, 0.717) is 12.3 Å². The quantitative estimate of drug-likeness (QED) is 0.867. The van der Waals surface area contributed by atoms with Crippen LogP contribution in [0.3, 0.4) is 0 Å².